The van der Waals surface area contributed by atoms with Crippen molar-refractivity contribution in [2.24, 2.45) is 12.0 Å². The lowest BCUT2D eigenvalue weighted by atomic mass is 10.1. The zero-order valence-electron chi connectivity index (χ0n) is 18.6. The van der Waals surface area contributed by atoms with E-state index in [-0.39, 0.29) is 0 Å². The van der Waals surface area contributed by atoms with E-state index >= 15 is 0 Å². The van der Waals surface area contributed by atoms with Crippen LogP contribution in [0.15, 0.2) is 23.2 Å². The van der Waals surface area contributed by atoms with E-state index in [4.69, 9.17) is 9.73 Å². The zero-order chi connectivity index (χ0) is 21.3. The maximum Gasteiger partial charge on any atom is 0.191 e. The Balaban J connectivity index is 1.57. The van der Waals surface area contributed by atoms with Crippen molar-refractivity contribution in [2.75, 3.05) is 38.3 Å². The molecule has 9 heteroatoms. The molecular formula is C21H34N8O. The van der Waals surface area contributed by atoms with Gasteiger partial charge in [0.2, 0.25) is 0 Å². The molecule has 0 saturated carbocycles. The maximum atomic E-state index is 5.15. The van der Waals surface area contributed by atoms with Crippen LogP contribution in [0.2, 0.25) is 0 Å². The molecule has 1 fully saturated rings. The van der Waals surface area contributed by atoms with Crippen molar-refractivity contribution in [1.29, 1.82) is 0 Å². The Bertz CT molecular complexity index is 826. The number of rotatable bonds is 8. The molecule has 1 aliphatic rings. The molecule has 30 heavy (non-hydrogen) atoms. The third-order valence-electron chi connectivity index (χ3n) is 5.41. The van der Waals surface area contributed by atoms with Gasteiger partial charge in [-0.1, -0.05) is 6.07 Å². The van der Waals surface area contributed by atoms with Gasteiger partial charge >= 0.3 is 0 Å². The number of nitrogens with zero attached hydrogens (tertiary/aromatic N) is 6. The van der Waals surface area contributed by atoms with Crippen LogP contribution in [0.25, 0.3) is 0 Å². The largest absolute Gasteiger partial charge is 0.385 e. The van der Waals surface area contributed by atoms with Crippen molar-refractivity contribution in [3.8, 4) is 0 Å². The summed E-state index contributed by atoms with van der Waals surface area (Å²) in [5.74, 6) is 3.63. The molecule has 2 aromatic heterocycles. The summed E-state index contributed by atoms with van der Waals surface area (Å²) in [7, 11) is 3.69. The second-order valence-corrected chi connectivity index (χ2v) is 7.70. The monoisotopic (exact) mass is 414 g/mol. The van der Waals surface area contributed by atoms with Gasteiger partial charge in [0.05, 0.1) is 0 Å². The lowest BCUT2D eigenvalue weighted by molar-refractivity contribution is 0.195. The van der Waals surface area contributed by atoms with E-state index in [0.717, 1.165) is 74.6 Å². The summed E-state index contributed by atoms with van der Waals surface area (Å²) in [6, 6.07) is 6.58. The second-order valence-electron chi connectivity index (χ2n) is 7.70. The number of nitrogens with one attached hydrogen (secondary N) is 2. The summed E-state index contributed by atoms with van der Waals surface area (Å²) in [5, 5.41) is 15.4. The van der Waals surface area contributed by atoms with Crippen molar-refractivity contribution >= 4 is 11.8 Å². The van der Waals surface area contributed by atoms with Crippen LogP contribution in [0.1, 0.15) is 36.6 Å². The van der Waals surface area contributed by atoms with Crippen LogP contribution in [0.5, 0.6) is 0 Å². The van der Waals surface area contributed by atoms with Crippen LogP contribution in [0.3, 0.4) is 0 Å². The molecule has 9 nitrogen and oxygen atoms in total. The van der Waals surface area contributed by atoms with Crippen LogP contribution >= 0.6 is 0 Å². The van der Waals surface area contributed by atoms with Crippen LogP contribution < -0.4 is 15.5 Å². The Morgan fingerprint density at radius 2 is 2.03 bits per heavy atom. The predicted octanol–water partition coefficient (Wildman–Crippen LogP) is 1.57. The van der Waals surface area contributed by atoms with E-state index in [1.54, 1.807) is 7.11 Å². The van der Waals surface area contributed by atoms with Crippen molar-refractivity contribution < 1.29 is 4.74 Å². The number of ether oxygens (including phenoxy) is 1. The van der Waals surface area contributed by atoms with Crippen molar-refractivity contribution in [3.05, 3.63) is 35.5 Å². The fraction of sp³-hybridized carbons (Fsp3) is 0.619. The minimum absolute atomic E-state index is 0.376. The molecule has 0 radical (unpaired) electrons. The summed E-state index contributed by atoms with van der Waals surface area (Å²) < 4.78 is 7.12. The number of pyridine rings is 1. The van der Waals surface area contributed by atoms with Gasteiger partial charge in [0.1, 0.15) is 18.2 Å². The number of piperidine rings is 1. The molecule has 3 rings (SSSR count). The lowest BCUT2D eigenvalue weighted by Crippen LogP contribution is -2.49. The van der Waals surface area contributed by atoms with Crippen molar-refractivity contribution in [1.82, 2.24) is 30.4 Å². The molecule has 0 spiro atoms. The standard InChI is InChI=1S/C21H34N8O/c1-16-7-5-8-19(24-16)29-12-9-18(10-13-29)25-21(22-11-6-14-30-4)23-15-20-27-26-17(2)28(20)3/h5,7-8,18H,6,9-15H2,1-4H3,(H2,22,23,25). The fourth-order valence-electron chi connectivity index (χ4n) is 3.47. The first-order valence-electron chi connectivity index (χ1n) is 10.6. The molecular weight excluding hydrogens is 380 g/mol. The Labute approximate surface area is 179 Å². The summed E-state index contributed by atoms with van der Waals surface area (Å²) in [5.41, 5.74) is 1.06. The molecule has 0 unspecified atom stereocenters. The molecule has 0 bridgehead atoms. The molecule has 3 heterocycles. The molecule has 0 aliphatic carbocycles. The third-order valence-corrected chi connectivity index (χ3v) is 5.41. The number of hydrogen-bond donors (Lipinski definition) is 2. The molecule has 1 saturated heterocycles. The molecule has 0 aromatic carbocycles. The zero-order valence-corrected chi connectivity index (χ0v) is 18.6. The SMILES string of the molecule is COCCCNC(=NCc1nnc(C)n1C)NC1CCN(c2cccc(C)n2)CC1. The van der Waals surface area contributed by atoms with Gasteiger partial charge in [-0.3, -0.25) is 0 Å². The Morgan fingerprint density at radius 1 is 1.23 bits per heavy atom. The molecule has 2 aromatic rings. The molecule has 0 amide bonds. The summed E-state index contributed by atoms with van der Waals surface area (Å²) in [4.78, 5) is 11.8. The number of aromatic nitrogens is 4. The highest BCUT2D eigenvalue weighted by Crippen LogP contribution is 2.18. The first-order chi connectivity index (χ1) is 14.6. The summed E-state index contributed by atoms with van der Waals surface area (Å²) in [6.45, 7) is 7.96. The number of anilines is 1. The van der Waals surface area contributed by atoms with Crippen LogP contribution in [0.4, 0.5) is 5.82 Å². The normalized spacial score (nSPS) is 15.5. The van der Waals surface area contributed by atoms with Crippen LogP contribution in [0, 0.1) is 13.8 Å². The van der Waals surface area contributed by atoms with Gasteiger partial charge in [-0.25, -0.2) is 9.98 Å². The van der Waals surface area contributed by atoms with E-state index < -0.39 is 0 Å². The maximum absolute atomic E-state index is 5.15. The number of methoxy groups -OCH3 is 1. The highest BCUT2D eigenvalue weighted by Gasteiger charge is 2.21. The summed E-state index contributed by atoms with van der Waals surface area (Å²) in [6.07, 6.45) is 3.01. The Hall–Kier alpha value is -2.68. The predicted molar refractivity (Wildman–Crippen MR) is 119 cm³/mol. The van der Waals surface area contributed by atoms with Gasteiger partial charge in [-0.2, -0.15) is 0 Å². The number of hydrogen-bond acceptors (Lipinski definition) is 6. The van der Waals surface area contributed by atoms with Gasteiger partial charge in [0.15, 0.2) is 11.8 Å². The highest BCUT2D eigenvalue weighted by molar-refractivity contribution is 5.80. The smallest absolute Gasteiger partial charge is 0.191 e. The average Bonchev–Trinajstić information content (AvgIpc) is 3.07. The molecule has 1 aliphatic heterocycles. The first kappa shape index (κ1) is 22.0. The van der Waals surface area contributed by atoms with E-state index in [2.05, 4.69) is 42.8 Å². The summed E-state index contributed by atoms with van der Waals surface area (Å²) >= 11 is 0. The Morgan fingerprint density at radius 3 is 2.70 bits per heavy atom. The van der Waals surface area contributed by atoms with Crippen molar-refractivity contribution in [3.63, 3.8) is 0 Å². The van der Waals surface area contributed by atoms with Crippen molar-refractivity contribution in [2.45, 2.75) is 45.7 Å². The minimum atomic E-state index is 0.376. The molecule has 164 valence electrons. The van der Waals surface area contributed by atoms with Gasteiger partial charge in [-0.15, -0.1) is 10.2 Å². The quantitative estimate of drug-likeness (QED) is 0.385. The van der Waals surface area contributed by atoms with Gasteiger partial charge < -0.3 is 24.8 Å². The van der Waals surface area contributed by atoms with E-state index in [0.29, 0.717) is 12.6 Å². The first-order valence-corrected chi connectivity index (χ1v) is 10.6. The topological polar surface area (TPSA) is 92.5 Å². The van der Waals surface area contributed by atoms with E-state index in [1.165, 1.54) is 0 Å². The van der Waals surface area contributed by atoms with Crippen LogP contribution in [-0.2, 0) is 18.3 Å². The second kappa shape index (κ2) is 10.9. The minimum Gasteiger partial charge on any atom is -0.385 e. The van der Waals surface area contributed by atoms with Gasteiger partial charge in [0.25, 0.3) is 0 Å². The van der Waals surface area contributed by atoms with Crippen LogP contribution in [-0.4, -0.2) is 65.1 Å². The third kappa shape index (κ3) is 6.16. The number of aryl methyl sites for hydroxylation is 2. The van der Waals surface area contributed by atoms with Gasteiger partial charge in [0, 0.05) is 52.1 Å². The van der Waals surface area contributed by atoms with Gasteiger partial charge in [-0.05, 0) is 45.2 Å². The number of aliphatic imine (C=N–C) groups is 1. The average molecular weight is 415 g/mol. The van der Waals surface area contributed by atoms with E-state index in [9.17, 15) is 0 Å². The fourth-order valence-corrected chi connectivity index (χ4v) is 3.47. The number of guanidine groups is 1. The van der Waals surface area contributed by atoms with E-state index in [1.807, 2.05) is 31.5 Å². The lowest BCUT2D eigenvalue weighted by Gasteiger charge is -2.34. The molecule has 0 atom stereocenters. The highest BCUT2D eigenvalue weighted by atomic mass is 16.5. The molecule has 2 N–H and O–H groups in total. The Kier molecular flexibility index (Phi) is 8.01.